The first kappa shape index (κ1) is 15.8. The lowest BCUT2D eigenvalue weighted by Crippen LogP contribution is -2.09. The van der Waals surface area contributed by atoms with Crippen LogP contribution in [-0.4, -0.2) is 5.78 Å². The topological polar surface area (TPSA) is 17.1 Å². The summed E-state index contributed by atoms with van der Waals surface area (Å²) in [6, 6.07) is 5.38. The molecule has 0 fully saturated rings. The van der Waals surface area contributed by atoms with Crippen LogP contribution in [0.15, 0.2) is 37.7 Å². The zero-order valence-electron chi connectivity index (χ0n) is 10.1. The minimum atomic E-state index is -0.898. The maximum absolute atomic E-state index is 13.8. The van der Waals surface area contributed by atoms with Gasteiger partial charge in [0.2, 0.25) is 0 Å². The van der Waals surface area contributed by atoms with E-state index in [0.29, 0.717) is 8.95 Å². The summed E-state index contributed by atoms with van der Waals surface area (Å²) in [5.74, 6) is -2.50. The van der Waals surface area contributed by atoms with Crippen LogP contribution in [0.5, 0.6) is 0 Å². The zero-order chi connectivity index (χ0) is 15.0. The van der Waals surface area contributed by atoms with Gasteiger partial charge in [0, 0.05) is 19.0 Å². The predicted octanol–water partition coefficient (Wildman–Crippen LogP) is 5.79. The second-order valence-corrected chi connectivity index (χ2v) is 6.78. The van der Waals surface area contributed by atoms with Gasteiger partial charge in [-0.2, -0.15) is 0 Å². The molecule has 0 aliphatic heterocycles. The number of benzene rings is 2. The second kappa shape index (κ2) is 6.03. The Morgan fingerprint density at radius 2 is 1.50 bits per heavy atom. The van der Waals surface area contributed by atoms with Gasteiger partial charge >= 0.3 is 0 Å². The van der Waals surface area contributed by atoms with Gasteiger partial charge in [0.15, 0.2) is 5.78 Å². The quantitative estimate of drug-likeness (QED) is 0.510. The van der Waals surface area contributed by atoms with Crippen LogP contribution < -0.4 is 0 Å². The number of carbonyl (C=O) groups excluding carboxylic acids is 1. The van der Waals surface area contributed by atoms with E-state index in [9.17, 15) is 13.6 Å². The van der Waals surface area contributed by atoms with E-state index in [1.807, 2.05) is 6.92 Å². The zero-order valence-corrected chi connectivity index (χ0v) is 14.9. The van der Waals surface area contributed by atoms with Crippen LogP contribution >= 0.6 is 47.8 Å². The highest BCUT2D eigenvalue weighted by molar-refractivity contribution is 9.11. The molecule has 2 rings (SSSR count). The fourth-order valence-electron chi connectivity index (χ4n) is 1.71. The van der Waals surface area contributed by atoms with Crippen molar-refractivity contribution >= 4 is 53.6 Å². The fourth-order valence-corrected chi connectivity index (χ4v) is 3.10. The van der Waals surface area contributed by atoms with E-state index in [0.717, 1.165) is 17.7 Å². The molecule has 0 aliphatic carbocycles. The molecule has 0 saturated carbocycles. The summed E-state index contributed by atoms with van der Waals surface area (Å²) in [5.41, 5.74) is 0.539. The highest BCUT2D eigenvalue weighted by atomic mass is 79.9. The predicted molar refractivity (Wildman–Crippen MR) is 84.1 cm³/mol. The van der Waals surface area contributed by atoms with Gasteiger partial charge in [0.05, 0.1) is 5.56 Å². The van der Waals surface area contributed by atoms with Crippen LogP contribution in [0.25, 0.3) is 0 Å². The standard InChI is InChI=1S/C14H7Br3F2O/c1-6-2-10(17)8(5-9(6)16)14(20)13-11(18)3-7(15)4-12(13)19/h2-5H,1H3. The van der Waals surface area contributed by atoms with Crippen LogP contribution in [0, 0.1) is 18.6 Å². The molecule has 104 valence electrons. The Balaban J connectivity index is 2.61. The lowest BCUT2D eigenvalue weighted by molar-refractivity contribution is 0.103. The van der Waals surface area contributed by atoms with Gasteiger partial charge in [-0.15, -0.1) is 0 Å². The van der Waals surface area contributed by atoms with Crippen molar-refractivity contribution in [1.29, 1.82) is 0 Å². The third-order valence-corrected chi connectivity index (χ3v) is 4.70. The van der Waals surface area contributed by atoms with E-state index >= 15 is 0 Å². The monoisotopic (exact) mass is 466 g/mol. The molecular weight excluding hydrogens is 462 g/mol. The first-order chi connectivity index (χ1) is 9.31. The van der Waals surface area contributed by atoms with E-state index in [1.54, 1.807) is 12.1 Å². The molecule has 0 amide bonds. The van der Waals surface area contributed by atoms with E-state index in [1.165, 1.54) is 0 Å². The second-order valence-electron chi connectivity index (χ2n) is 4.15. The number of hydrogen-bond acceptors (Lipinski definition) is 1. The Kier molecular flexibility index (Phi) is 4.76. The number of aryl methyl sites for hydroxylation is 1. The van der Waals surface area contributed by atoms with Crippen molar-refractivity contribution in [2.24, 2.45) is 0 Å². The average Bonchev–Trinajstić information content (AvgIpc) is 2.32. The number of carbonyl (C=O) groups is 1. The van der Waals surface area contributed by atoms with Crippen LogP contribution in [0.1, 0.15) is 21.5 Å². The SMILES string of the molecule is Cc1cc(Br)c(C(=O)c2c(F)cc(Br)cc2F)cc1Br. The molecule has 1 nitrogen and oxygen atoms in total. The molecule has 0 spiro atoms. The summed E-state index contributed by atoms with van der Waals surface area (Å²) in [6.07, 6.45) is 0. The molecule has 0 bridgehead atoms. The van der Waals surface area contributed by atoms with Crippen molar-refractivity contribution in [3.63, 3.8) is 0 Å². The van der Waals surface area contributed by atoms with Crippen LogP contribution in [0.4, 0.5) is 8.78 Å². The highest BCUT2D eigenvalue weighted by Crippen LogP contribution is 2.29. The first-order valence-corrected chi connectivity index (χ1v) is 7.84. The smallest absolute Gasteiger partial charge is 0.200 e. The van der Waals surface area contributed by atoms with Gasteiger partial charge in [-0.1, -0.05) is 47.8 Å². The van der Waals surface area contributed by atoms with Crippen molar-refractivity contribution in [1.82, 2.24) is 0 Å². The molecule has 0 radical (unpaired) electrons. The summed E-state index contributed by atoms with van der Waals surface area (Å²) in [4.78, 5) is 12.3. The van der Waals surface area contributed by atoms with Crippen LogP contribution in [0.2, 0.25) is 0 Å². The van der Waals surface area contributed by atoms with Gasteiger partial charge in [0.25, 0.3) is 0 Å². The molecule has 0 aromatic heterocycles. The summed E-state index contributed by atoms with van der Waals surface area (Å²) in [7, 11) is 0. The van der Waals surface area contributed by atoms with Gasteiger partial charge in [0.1, 0.15) is 11.6 Å². The molecule has 2 aromatic rings. The van der Waals surface area contributed by atoms with Crippen molar-refractivity contribution in [3.8, 4) is 0 Å². The van der Waals surface area contributed by atoms with Gasteiger partial charge < -0.3 is 0 Å². The van der Waals surface area contributed by atoms with Gasteiger partial charge in [-0.3, -0.25) is 4.79 Å². The maximum Gasteiger partial charge on any atom is 0.200 e. The van der Waals surface area contributed by atoms with Crippen LogP contribution in [-0.2, 0) is 0 Å². The van der Waals surface area contributed by atoms with E-state index in [-0.39, 0.29) is 10.0 Å². The molecule has 0 saturated heterocycles. The molecule has 20 heavy (non-hydrogen) atoms. The van der Waals surface area contributed by atoms with Crippen molar-refractivity contribution in [2.75, 3.05) is 0 Å². The maximum atomic E-state index is 13.8. The Morgan fingerprint density at radius 3 is 2.05 bits per heavy atom. The first-order valence-electron chi connectivity index (χ1n) is 5.46. The van der Waals surface area contributed by atoms with Gasteiger partial charge in [-0.25, -0.2) is 8.78 Å². The molecular formula is C14H7Br3F2O. The Labute approximate surface area is 139 Å². The highest BCUT2D eigenvalue weighted by Gasteiger charge is 2.22. The molecule has 0 unspecified atom stereocenters. The van der Waals surface area contributed by atoms with Crippen molar-refractivity contribution in [3.05, 3.63) is 66.0 Å². The molecule has 0 N–H and O–H groups in total. The largest absolute Gasteiger partial charge is 0.288 e. The van der Waals surface area contributed by atoms with Crippen molar-refractivity contribution < 1.29 is 13.6 Å². The van der Waals surface area contributed by atoms with Crippen LogP contribution in [0.3, 0.4) is 0 Å². The number of ketones is 1. The van der Waals surface area contributed by atoms with E-state index in [4.69, 9.17) is 0 Å². The summed E-state index contributed by atoms with van der Waals surface area (Å²) in [5, 5.41) is 0. The summed E-state index contributed by atoms with van der Waals surface area (Å²) in [6.45, 7) is 1.85. The van der Waals surface area contributed by atoms with E-state index in [2.05, 4.69) is 47.8 Å². The molecule has 2 aromatic carbocycles. The minimum absolute atomic E-state index is 0.197. The summed E-state index contributed by atoms with van der Waals surface area (Å²) >= 11 is 9.53. The molecule has 0 aliphatic rings. The number of halogens is 5. The Hall–Kier alpha value is -0.590. The molecule has 6 heteroatoms. The lowest BCUT2D eigenvalue weighted by Gasteiger charge is -2.09. The average molecular weight is 469 g/mol. The Morgan fingerprint density at radius 1 is 0.950 bits per heavy atom. The van der Waals surface area contributed by atoms with Gasteiger partial charge in [-0.05, 0) is 36.8 Å². The molecule has 0 atom stereocenters. The minimum Gasteiger partial charge on any atom is -0.288 e. The van der Waals surface area contributed by atoms with E-state index < -0.39 is 23.0 Å². The fraction of sp³-hybridized carbons (Fsp3) is 0.0714. The third kappa shape index (κ3) is 3.02. The number of rotatable bonds is 2. The molecule has 0 heterocycles. The third-order valence-electron chi connectivity index (χ3n) is 2.73. The number of hydrogen-bond donors (Lipinski definition) is 0. The Bertz CT molecular complexity index is 691. The van der Waals surface area contributed by atoms with Crippen molar-refractivity contribution in [2.45, 2.75) is 6.92 Å². The normalized spacial score (nSPS) is 10.7. The summed E-state index contributed by atoms with van der Waals surface area (Å²) < 4.78 is 29.1. The lowest BCUT2D eigenvalue weighted by atomic mass is 10.0.